The SMILES string of the molecule is Cc1cc(OC(C)C)c(C(C)C)cc1C(=O)C1CC1. The van der Waals surface area contributed by atoms with E-state index in [1.165, 1.54) is 0 Å². The third kappa shape index (κ3) is 3.17. The Bertz CT molecular complexity index is 482. The van der Waals surface area contributed by atoms with E-state index in [0.29, 0.717) is 11.7 Å². The fraction of sp³-hybridized carbons (Fsp3) is 0.588. The predicted molar refractivity (Wildman–Crippen MR) is 78.1 cm³/mol. The summed E-state index contributed by atoms with van der Waals surface area (Å²) < 4.78 is 5.89. The highest BCUT2D eigenvalue weighted by molar-refractivity contribution is 6.00. The lowest BCUT2D eigenvalue weighted by Crippen LogP contribution is -2.11. The zero-order valence-corrected chi connectivity index (χ0v) is 12.6. The molecule has 0 radical (unpaired) electrons. The van der Waals surface area contributed by atoms with Crippen LogP contribution in [0.1, 0.15) is 67.9 Å². The summed E-state index contributed by atoms with van der Waals surface area (Å²) in [4.78, 5) is 12.3. The lowest BCUT2D eigenvalue weighted by molar-refractivity contribution is 0.0967. The number of ether oxygens (including phenoxy) is 1. The highest BCUT2D eigenvalue weighted by Gasteiger charge is 2.31. The van der Waals surface area contributed by atoms with Crippen LogP contribution < -0.4 is 4.74 Å². The molecular weight excluding hydrogens is 236 g/mol. The molecule has 0 N–H and O–H groups in total. The summed E-state index contributed by atoms with van der Waals surface area (Å²) in [6.07, 6.45) is 2.26. The molecule has 0 saturated heterocycles. The van der Waals surface area contributed by atoms with E-state index in [1.54, 1.807) is 0 Å². The molecule has 19 heavy (non-hydrogen) atoms. The molecule has 0 heterocycles. The second kappa shape index (κ2) is 5.36. The molecule has 1 aromatic carbocycles. The van der Waals surface area contributed by atoms with Crippen molar-refractivity contribution in [1.29, 1.82) is 0 Å². The van der Waals surface area contributed by atoms with Crippen molar-refractivity contribution in [2.75, 3.05) is 0 Å². The molecule has 1 aliphatic rings. The molecule has 1 aromatic rings. The van der Waals surface area contributed by atoms with Crippen LogP contribution in [0.25, 0.3) is 0 Å². The van der Waals surface area contributed by atoms with Gasteiger partial charge in [-0.25, -0.2) is 0 Å². The van der Waals surface area contributed by atoms with Gasteiger partial charge < -0.3 is 4.74 Å². The normalized spacial score (nSPS) is 15.1. The summed E-state index contributed by atoms with van der Waals surface area (Å²) in [6, 6.07) is 4.09. The van der Waals surface area contributed by atoms with Gasteiger partial charge in [0.2, 0.25) is 0 Å². The third-order valence-electron chi connectivity index (χ3n) is 3.56. The highest BCUT2D eigenvalue weighted by atomic mass is 16.5. The molecule has 0 amide bonds. The van der Waals surface area contributed by atoms with E-state index in [1.807, 2.05) is 26.8 Å². The maximum absolute atomic E-state index is 12.3. The fourth-order valence-corrected chi connectivity index (χ4v) is 2.34. The number of carbonyl (C=O) groups is 1. The number of ketones is 1. The maximum atomic E-state index is 12.3. The quantitative estimate of drug-likeness (QED) is 0.729. The molecule has 104 valence electrons. The van der Waals surface area contributed by atoms with Crippen LogP contribution in [0, 0.1) is 12.8 Å². The van der Waals surface area contributed by atoms with Gasteiger partial charge in [0, 0.05) is 11.5 Å². The van der Waals surface area contributed by atoms with Crippen LogP contribution in [-0.2, 0) is 0 Å². The molecular formula is C17H24O2. The Balaban J connectivity index is 2.41. The Morgan fingerprint density at radius 2 is 1.84 bits per heavy atom. The van der Waals surface area contributed by atoms with Crippen LogP contribution in [0.2, 0.25) is 0 Å². The van der Waals surface area contributed by atoms with Crippen molar-refractivity contribution in [1.82, 2.24) is 0 Å². The van der Waals surface area contributed by atoms with Crippen molar-refractivity contribution in [3.63, 3.8) is 0 Å². The molecule has 0 aromatic heterocycles. The third-order valence-corrected chi connectivity index (χ3v) is 3.56. The molecule has 0 aliphatic heterocycles. The molecule has 2 nitrogen and oxygen atoms in total. The number of benzene rings is 1. The first-order valence-corrected chi connectivity index (χ1v) is 7.25. The van der Waals surface area contributed by atoms with Gasteiger partial charge in [-0.05, 0) is 62.8 Å². The first-order chi connectivity index (χ1) is 8.90. The molecule has 0 atom stereocenters. The van der Waals surface area contributed by atoms with Crippen molar-refractivity contribution in [2.45, 2.75) is 59.5 Å². The summed E-state index contributed by atoms with van der Waals surface area (Å²) >= 11 is 0. The van der Waals surface area contributed by atoms with Gasteiger partial charge in [-0.3, -0.25) is 4.79 Å². The van der Waals surface area contributed by atoms with Gasteiger partial charge in [-0.15, -0.1) is 0 Å². The van der Waals surface area contributed by atoms with E-state index in [9.17, 15) is 4.79 Å². The summed E-state index contributed by atoms with van der Waals surface area (Å²) in [6.45, 7) is 10.4. The van der Waals surface area contributed by atoms with Gasteiger partial charge in [-0.1, -0.05) is 13.8 Å². The van der Waals surface area contributed by atoms with Crippen LogP contribution in [-0.4, -0.2) is 11.9 Å². The molecule has 2 rings (SSSR count). The minimum Gasteiger partial charge on any atom is -0.491 e. The second-order valence-corrected chi connectivity index (χ2v) is 6.16. The van der Waals surface area contributed by atoms with Crippen molar-refractivity contribution in [3.8, 4) is 5.75 Å². The second-order valence-electron chi connectivity index (χ2n) is 6.16. The van der Waals surface area contributed by atoms with Gasteiger partial charge in [-0.2, -0.15) is 0 Å². The molecule has 1 saturated carbocycles. The summed E-state index contributed by atoms with van der Waals surface area (Å²) in [7, 11) is 0. The summed E-state index contributed by atoms with van der Waals surface area (Å²) in [5, 5.41) is 0. The minimum atomic E-state index is 0.155. The van der Waals surface area contributed by atoms with E-state index in [4.69, 9.17) is 4.74 Å². The van der Waals surface area contributed by atoms with Crippen LogP contribution in [0.15, 0.2) is 12.1 Å². The van der Waals surface area contributed by atoms with E-state index in [-0.39, 0.29) is 12.0 Å². The lowest BCUT2D eigenvalue weighted by Gasteiger charge is -2.19. The summed E-state index contributed by atoms with van der Waals surface area (Å²) in [5.41, 5.74) is 3.07. The number of carbonyl (C=O) groups excluding carboxylic acids is 1. The molecule has 1 fully saturated rings. The number of hydrogen-bond acceptors (Lipinski definition) is 2. The number of Topliss-reactive ketones (excluding diaryl/α,β-unsaturated/α-hetero) is 1. The smallest absolute Gasteiger partial charge is 0.166 e. The van der Waals surface area contributed by atoms with Gasteiger partial charge in [0.25, 0.3) is 0 Å². The molecule has 2 heteroatoms. The average Bonchev–Trinajstić information content (AvgIpc) is 3.10. The van der Waals surface area contributed by atoms with Crippen molar-refractivity contribution in [2.24, 2.45) is 5.92 Å². The Hall–Kier alpha value is -1.31. The molecule has 0 unspecified atom stereocenters. The van der Waals surface area contributed by atoms with Crippen molar-refractivity contribution in [3.05, 3.63) is 28.8 Å². The molecule has 0 bridgehead atoms. The Morgan fingerprint density at radius 3 is 2.32 bits per heavy atom. The maximum Gasteiger partial charge on any atom is 0.166 e. The van der Waals surface area contributed by atoms with Crippen LogP contribution >= 0.6 is 0 Å². The topological polar surface area (TPSA) is 26.3 Å². The standard InChI is InChI=1S/C17H24O2/c1-10(2)14-9-15(17(18)13-6-7-13)12(5)8-16(14)19-11(3)4/h8-11,13H,6-7H2,1-5H3. The fourth-order valence-electron chi connectivity index (χ4n) is 2.34. The Kier molecular flexibility index (Phi) is 3.98. The summed E-state index contributed by atoms with van der Waals surface area (Å²) in [5.74, 6) is 1.88. The van der Waals surface area contributed by atoms with Crippen molar-refractivity contribution < 1.29 is 9.53 Å². The Morgan fingerprint density at radius 1 is 1.21 bits per heavy atom. The monoisotopic (exact) mass is 260 g/mol. The van der Waals surface area contributed by atoms with Crippen LogP contribution in [0.4, 0.5) is 0 Å². The number of rotatable bonds is 5. The van der Waals surface area contributed by atoms with E-state index >= 15 is 0 Å². The predicted octanol–water partition coefficient (Wildman–Crippen LogP) is 4.50. The van der Waals surface area contributed by atoms with E-state index < -0.39 is 0 Å². The zero-order chi connectivity index (χ0) is 14.2. The minimum absolute atomic E-state index is 0.155. The zero-order valence-electron chi connectivity index (χ0n) is 12.6. The molecule has 0 spiro atoms. The number of aryl methyl sites for hydroxylation is 1. The first-order valence-electron chi connectivity index (χ1n) is 7.25. The largest absolute Gasteiger partial charge is 0.491 e. The average molecular weight is 260 g/mol. The van der Waals surface area contributed by atoms with Gasteiger partial charge >= 0.3 is 0 Å². The first kappa shape index (κ1) is 14.1. The lowest BCUT2D eigenvalue weighted by atomic mass is 9.93. The Labute approximate surface area is 116 Å². The number of hydrogen-bond donors (Lipinski definition) is 0. The van der Waals surface area contributed by atoms with Crippen molar-refractivity contribution >= 4 is 5.78 Å². The van der Waals surface area contributed by atoms with E-state index in [2.05, 4.69) is 19.9 Å². The molecule has 1 aliphatic carbocycles. The van der Waals surface area contributed by atoms with Gasteiger partial charge in [0.15, 0.2) is 5.78 Å². The van der Waals surface area contributed by atoms with Crippen LogP contribution in [0.5, 0.6) is 5.75 Å². The highest BCUT2D eigenvalue weighted by Crippen LogP contribution is 2.36. The van der Waals surface area contributed by atoms with Crippen LogP contribution in [0.3, 0.4) is 0 Å². The van der Waals surface area contributed by atoms with Gasteiger partial charge in [0.1, 0.15) is 5.75 Å². The van der Waals surface area contributed by atoms with Gasteiger partial charge in [0.05, 0.1) is 6.10 Å². The van der Waals surface area contributed by atoms with E-state index in [0.717, 1.165) is 35.3 Å².